The minimum absolute atomic E-state index is 0.00399. The van der Waals surface area contributed by atoms with Gasteiger partial charge >= 0.3 is 0 Å². The van der Waals surface area contributed by atoms with Crippen LogP contribution in [0, 0.1) is 20.8 Å². The quantitative estimate of drug-likeness (QED) is 0.438. The molecule has 0 spiro atoms. The summed E-state index contributed by atoms with van der Waals surface area (Å²) in [5, 5.41) is 5.45. The van der Waals surface area contributed by atoms with Crippen molar-refractivity contribution in [2.45, 2.75) is 32.1 Å². The summed E-state index contributed by atoms with van der Waals surface area (Å²) in [6.45, 7) is 8.96. The number of nitrogens with zero attached hydrogens (tertiary/aromatic N) is 5. The summed E-state index contributed by atoms with van der Waals surface area (Å²) < 4.78 is 0. The molecule has 0 saturated carbocycles. The van der Waals surface area contributed by atoms with E-state index in [2.05, 4.69) is 75.7 Å². The highest BCUT2D eigenvalue weighted by Crippen LogP contribution is 2.29. The average Bonchev–Trinajstić information content (AvgIpc) is 2.87. The zero-order chi connectivity index (χ0) is 24.4. The number of hydrogen-bond acceptors (Lipinski definition) is 7. The van der Waals surface area contributed by atoms with Crippen LogP contribution in [-0.2, 0) is 4.79 Å². The van der Waals surface area contributed by atoms with Crippen LogP contribution in [-0.4, -0.2) is 63.3 Å². The lowest BCUT2D eigenvalue weighted by Gasteiger charge is -2.41. The molecule has 1 fully saturated rings. The van der Waals surface area contributed by atoms with Crippen molar-refractivity contribution in [1.29, 1.82) is 0 Å². The maximum Gasteiger partial charge on any atom is 0.233 e. The van der Waals surface area contributed by atoms with Crippen molar-refractivity contribution in [3.8, 4) is 0 Å². The molecule has 3 heterocycles. The SMILES string of the molecule is Cc1ccc(C2=NNC(N3CCN(C(=O)CSc4nc(C)cc(C)n4)CC3)c3ccccc32)cc1. The van der Waals surface area contributed by atoms with Crippen LogP contribution in [0.25, 0.3) is 0 Å². The minimum atomic E-state index is -0.00399. The number of nitrogens with one attached hydrogen (secondary N) is 1. The predicted molar refractivity (Wildman–Crippen MR) is 140 cm³/mol. The number of rotatable bonds is 5. The minimum Gasteiger partial charge on any atom is -0.339 e. The van der Waals surface area contributed by atoms with Gasteiger partial charge < -0.3 is 4.90 Å². The molecule has 3 aromatic rings. The van der Waals surface area contributed by atoms with E-state index >= 15 is 0 Å². The normalized spacial score (nSPS) is 18.0. The van der Waals surface area contributed by atoms with Crippen LogP contribution >= 0.6 is 11.8 Å². The summed E-state index contributed by atoms with van der Waals surface area (Å²) in [6, 6.07) is 18.9. The lowest BCUT2D eigenvalue weighted by atomic mass is 9.94. The second-order valence-corrected chi connectivity index (χ2v) is 10.0. The van der Waals surface area contributed by atoms with Crippen molar-refractivity contribution in [2.75, 3.05) is 31.9 Å². The predicted octanol–water partition coefficient (Wildman–Crippen LogP) is 3.69. The molecule has 180 valence electrons. The van der Waals surface area contributed by atoms with Gasteiger partial charge in [0.15, 0.2) is 5.16 Å². The maximum atomic E-state index is 12.8. The highest BCUT2D eigenvalue weighted by atomic mass is 32.2. The van der Waals surface area contributed by atoms with Gasteiger partial charge in [-0.15, -0.1) is 0 Å². The van der Waals surface area contributed by atoms with E-state index < -0.39 is 0 Å². The van der Waals surface area contributed by atoms with Crippen LogP contribution in [0.1, 0.15) is 39.8 Å². The number of hydrazone groups is 1. The summed E-state index contributed by atoms with van der Waals surface area (Å²) in [5.74, 6) is 0.492. The molecule has 35 heavy (non-hydrogen) atoms. The first kappa shape index (κ1) is 23.5. The fraction of sp³-hybridized carbons (Fsp3) is 0.333. The molecule has 2 aliphatic heterocycles. The number of piperazine rings is 1. The van der Waals surface area contributed by atoms with E-state index in [1.807, 2.05) is 24.8 Å². The lowest BCUT2D eigenvalue weighted by Crippen LogP contribution is -2.52. The summed E-state index contributed by atoms with van der Waals surface area (Å²) in [5.41, 5.74) is 10.9. The van der Waals surface area contributed by atoms with Gasteiger partial charge in [0.2, 0.25) is 5.91 Å². The first-order chi connectivity index (χ1) is 17.0. The lowest BCUT2D eigenvalue weighted by molar-refractivity contribution is -0.130. The third-order valence-electron chi connectivity index (χ3n) is 6.45. The van der Waals surface area contributed by atoms with E-state index in [1.165, 1.54) is 22.9 Å². The molecule has 1 amide bonds. The molecular formula is C27H30N6OS. The van der Waals surface area contributed by atoms with Gasteiger partial charge in [0, 0.05) is 48.7 Å². The Balaban J connectivity index is 1.22. The number of benzene rings is 2. The topological polar surface area (TPSA) is 73.7 Å². The summed E-state index contributed by atoms with van der Waals surface area (Å²) >= 11 is 1.41. The van der Waals surface area contributed by atoms with Gasteiger partial charge in [-0.3, -0.25) is 15.1 Å². The Labute approximate surface area is 210 Å². The van der Waals surface area contributed by atoms with Crippen LogP contribution in [0.2, 0.25) is 0 Å². The van der Waals surface area contributed by atoms with Gasteiger partial charge in [-0.1, -0.05) is 65.9 Å². The number of aryl methyl sites for hydroxylation is 3. The van der Waals surface area contributed by atoms with Crippen LogP contribution in [0.5, 0.6) is 0 Å². The molecule has 1 atom stereocenters. The monoisotopic (exact) mass is 486 g/mol. The first-order valence-electron chi connectivity index (χ1n) is 11.9. The largest absolute Gasteiger partial charge is 0.339 e. The van der Waals surface area contributed by atoms with Crippen molar-refractivity contribution >= 4 is 23.4 Å². The number of carbonyl (C=O) groups is 1. The molecule has 0 aliphatic carbocycles. The molecule has 1 saturated heterocycles. The first-order valence-corrected chi connectivity index (χ1v) is 12.9. The maximum absolute atomic E-state index is 12.8. The smallest absolute Gasteiger partial charge is 0.233 e. The number of amides is 1. The molecule has 2 aliphatic rings. The van der Waals surface area contributed by atoms with Gasteiger partial charge in [-0.05, 0) is 32.4 Å². The van der Waals surface area contributed by atoms with E-state index in [4.69, 9.17) is 5.10 Å². The number of aromatic nitrogens is 2. The Morgan fingerprint density at radius 1 is 0.971 bits per heavy atom. The Morgan fingerprint density at radius 2 is 1.66 bits per heavy atom. The second-order valence-electron chi connectivity index (χ2n) is 9.08. The van der Waals surface area contributed by atoms with Gasteiger partial charge in [0.25, 0.3) is 0 Å². The molecule has 5 rings (SSSR count). The molecule has 1 unspecified atom stereocenters. The standard InChI is InChI=1S/C27H30N6OS/c1-18-8-10-21(11-9-18)25-22-6-4-5-7-23(22)26(31-30-25)33-14-12-32(13-15-33)24(34)17-35-27-28-19(2)16-20(3)29-27/h4-11,16,26,31H,12-15,17H2,1-3H3. The van der Waals surface area contributed by atoms with Crippen molar-refractivity contribution in [2.24, 2.45) is 5.10 Å². The number of hydrogen-bond donors (Lipinski definition) is 1. The van der Waals surface area contributed by atoms with E-state index in [9.17, 15) is 4.79 Å². The summed E-state index contributed by atoms with van der Waals surface area (Å²) in [6.07, 6.45) is -0.00399. The second kappa shape index (κ2) is 10.2. The summed E-state index contributed by atoms with van der Waals surface area (Å²) in [7, 11) is 0. The van der Waals surface area contributed by atoms with E-state index in [1.54, 1.807) is 0 Å². The van der Waals surface area contributed by atoms with Crippen molar-refractivity contribution in [3.63, 3.8) is 0 Å². The fourth-order valence-corrected chi connectivity index (χ4v) is 5.47. The van der Waals surface area contributed by atoms with E-state index in [0.717, 1.165) is 41.3 Å². The Kier molecular flexibility index (Phi) is 6.83. The van der Waals surface area contributed by atoms with E-state index in [0.29, 0.717) is 24.0 Å². The third kappa shape index (κ3) is 5.23. The molecule has 8 heteroatoms. The third-order valence-corrected chi connectivity index (χ3v) is 7.28. The molecule has 1 N–H and O–H groups in total. The number of thioether (sulfide) groups is 1. The van der Waals surface area contributed by atoms with Gasteiger partial charge in [0.05, 0.1) is 11.5 Å². The highest BCUT2D eigenvalue weighted by Gasteiger charge is 2.31. The summed E-state index contributed by atoms with van der Waals surface area (Å²) in [4.78, 5) is 26.0. The Hall–Kier alpha value is -3.23. The van der Waals surface area contributed by atoms with E-state index in [-0.39, 0.29) is 12.1 Å². The highest BCUT2D eigenvalue weighted by molar-refractivity contribution is 7.99. The van der Waals surface area contributed by atoms with Gasteiger partial charge in [-0.25, -0.2) is 9.97 Å². The van der Waals surface area contributed by atoms with Crippen molar-refractivity contribution < 1.29 is 4.79 Å². The zero-order valence-corrected chi connectivity index (χ0v) is 21.2. The molecule has 1 aromatic heterocycles. The Bertz CT molecular complexity index is 1230. The van der Waals surface area contributed by atoms with Crippen molar-refractivity contribution in [3.05, 3.63) is 88.2 Å². The van der Waals surface area contributed by atoms with Crippen LogP contribution < -0.4 is 5.43 Å². The Morgan fingerprint density at radius 3 is 2.37 bits per heavy atom. The molecule has 2 aromatic carbocycles. The van der Waals surface area contributed by atoms with Gasteiger partial charge in [0.1, 0.15) is 6.17 Å². The fourth-order valence-electron chi connectivity index (χ4n) is 4.62. The van der Waals surface area contributed by atoms with Crippen LogP contribution in [0.15, 0.2) is 64.9 Å². The molecular weight excluding hydrogens is 456 g/mol. The van der Waals surface area contributed by atoms with Crippen LogP contribution in [0.4, 0.5) is 0 Å². The van der Waals surface area contributed by atoms with Crippen molar-refractivity contribution in [1.82, 2.24) is 25.2 Å². The van der Waals surface area contributed by atoms with Gasteiger partial charge in [-0.2, -0.15) is 5.10 Å². The molecule has 0 radical (unpaired) electrons. The molecule has 0 bridgehead atoms. The average molecular weight is 487 g/mol. The number of fused-ring (bicyclic) bond motifs is 1. The number of carbonyl (C=O) groups excluding carboxylic acids is 1. The zero-order valence-electron chi connectivity index (χ0n) is 20.4. The van der Waals surface area contributed by atoms with Crippen LogP contribution in [0.3, 0.4) is 0 Å². The molecule has 7 nitrogen and oxygen atoms in total.